The minimum atomic E-state index is 0.167. The fourth-order valence-electron chi connectivity index (χ4n) is 1.27. The molecule has 1 rings (SSSR count). The van der Waals surface area contributed by atoms with Crippen LogP contribution in [0.5, 0.6) is 0 Å². The van der Waals surface area contributed by atoms with Crippen LogP contribution in [0.15, 0.2) is 36.4 Å². The Balaban J connectivity index is 2.69. The Morgan fingerprint density at radius 2 is 2.07 bits per heavy atom. The zero-order chi connectivity index (χ0) is 10.9. The van der Waals surface area contributed by atoms with Gasteiger partial charge < -0.3 is 0 Å². The Labute approximate surface area is 92.0 Å². The van der Waals surface area contributed by atoms with Crippen molar-refractivity contribution in [1.29, 1.82) is 0 Å². The molecule has 0 saturated carbocycles. The lowest BCUT2D eigenvalue weighted by Gasteiger charge is -1.98. The minimum absolute atomic E-state index is 0.167. The molecule has 0 bridgehead atoms. The van der Waals surface area contributed by atoms with E-state index in [1.807, 2.05) is 25.1 Å². The molecular weight excluding hydrogens is 180 g/mol. The minimum Gasteiger partial charge on any atom is -0.120 e. The molecule has 0 nitrogen and oxygen atoms in total. The van der Waals surface area contributed by atoms with Gasteiger partial charge >= 0.3 is 0 Å². The van der Waals surface area contributed by atoms with Crippen molar-refractivity contribution in [3.63, 3.8) is 0 Å². The summed E-state index contributed by atoms with van der Waals surface area (Å²) < 4.78 is 0. The molecule has 0 spiro atoms. The number of benzene rings is 1. The summed E-state index contributed by atoms with van der Waals surface area (Å²) in [6.07, 6.45) is 10.1. The van der Waals surface area contributed by atoms with Crippen LogP contribution in [0.1, 0.15) is 18.9 Å². The van der Waals surface area contributed by atoms with Gasteiger partial charge in [-0.3, -0.25) is 0 Å². The third-order valence-corrected chi connectivity index (χ3v) is 1.99. The maximum Gasteiger partial charge on any atom is 0.0495 e. The van der Waals surface area contributed by atoms with Crippen molar-refractivity contribution >= 4 is 6.08 Å². The van der Waals surface area contributed by atoms with Gasteiger partial charge in [-0.1, -0.05) is 48.4 Å². The van der Waals surface area contributed by atoms with Crippen LogP contribution in [-0.4, -0.2) is 0 Å². The first-order valence-corrected chi connectivity index (χ1v) is 4.96. The van der Waals surface area contributed by atoms with Crippen LogP contribution in [-0.2, 0) is 0 Å². The monoisotopic (exact) mass is 194 g/mol. The number of allylic oxidation sites excluding steroid dienone is 1. The van der Waals surface area contributed by atoms with Gasteiger partial charge in [0.25, 0.3) is 0 Å². The largest absolute Gasteiger partial charge is 0.120 e. The quantitative estimate of drug-likeness (QED) is 0.647. The molecule has 0 aliphatic carbocycles. The second-order valence-corrected chi connectivity index (χ2v) is 3.18. The van der Waals surface area contributed by atoms with E-state index in [9.17, 15) is 0 Å². The molecule has 0 heterocycles. The predicted octanol–water partition coefficient (Wildman–Crippen LogP) is 3.36. The molecule has 0 saturated heterocycles. The van der Waals surface area contributed by atoms with Crippen LogP contribution in [0, 0.1) is 30.1 Å². The fraction of sp³-hybridized carbons (Fsp3) is 0.200. The highest BCUT2D eigenvalue weighted by Gasteiger charge is 1.96. The normalized spacial score (nSPS) is 11.5. The van der Waals surface area contributed by atoms with Crippen molar-refractivity contribution in [3.8, 4) is 24.2 Å². The summed E-state index contributed by atoms with van der Waals surface area (Å²) in [7, 11) is 0. The van der Waals surface area contributed by atoms with Crippen LogP contribution in [0.2, 0.25) is 0 Å². The van der Waals surface area contributed by atoms with Crippen molar-refractivity contribution in [2.24, 2.45) is 5.92 Å². The first kappa shape index (κ1) is 11.2. The summed E-state index contributed by atoms with van der Waals surface area (Å²) in [6.45, 7) is 1.83. The molecule has 0 fully saturated rings. The highest BCUT2D eigenvalue weighted by molar-refractivity contribution is 5.49. The SMILES string of the molecule is C#CCC(C#CC)C=Cc1ccccc1. The summed E-state index contributed by atoms with van der Waals surface area (Å²) in [5.74, 6) is 8.77. The molecule has 15 heavy (non-hydrogen) atoms. The fourth-order valence-corrected chi connectivity index (χ4v) is 1.27. The average Bonchev–Trinajstić information content (AvgIpc) is 2.28. The van der Waals surface area contributed by atoms with E-state index in [1.54, 1.807) is 0 Å². The van der Waals surface area contributed by atoms with Gasteiger partial charge in [0.2, 0.25) is 0 Å². The van der Waals surface area contributed by atoms with Gasteiger partial charge in [0, 0.05) is 12.3 Å². The number of terminal acetylenes is 1. The number of hydrogen-bond acceptors (Lipinski definition) is 0. The number of rotatable bonds is 3. The molecule has 0 amide bonds. The highest BCUT2D eigenvalue weighted by Crippen LogP contribution is 2.07. The van der Waals surface area contributed by atoms with Gasteiger partial charge in [-0.25, -0.2) is 0 Å². The molecule has 1 atom stereocenters. The maximum absolute atomic E-state index is 5.28. The molecule has 74 valence electrons. The lowest BCUT2D eigenvalue weighted by atomic mass is 10.0. The van der Waals surface area contributed by atoms with Gasteiger partial charge in [-0.15, -0.1) is 18.3 Å². The Kier molecular flexibility index (Phi) is 4.85. The molecule has 1 aromatic carbocycles. The third-order valence-electron chi connectivity index (χ3n) is 1.99. The summed E-state index contributed by atoms with van der Waals surface area (Å²) >= 11 is 0. The van der Waals surface area contributed by atoms with Crippen LogP contribution >= 0.6 is 0 Å². The molecule has 1 unspecified atom stereocenters. The average molecular weight is 194 g/mol. The Morgan fingerprint density at radius 3 is 2.67 bits per heavy atom. The van der Waals surface area contributed by atoms with Crippen molar-refractivity contribution < 1.29 is 0 Å². The molecule has 1 aromatic rings. The Bertz CT molecular complexity index is 407. The van der Waals surface area contributed by atoms with Crippen LogP contribution in [0.3, 0.4) is 0 Å². The van der Waals surface area contributed by atoms with E-state index < -0.39 is 0 Å². The molecule has 0 aliphatic heterocycles. The van der Waals surface area contributed by atoms with Gasteiger partial charge in [0.05, 0.1) is 0 Å². The zero-order valence-corrected chi connectivity index (χ0v) is 8.90. The van der Waals surface area contributed by atoms with E-state index in [2.05, 4.69) is 42.0 Å². The van der Waals surface area contributed by atoms with Gasteiger partial charge in [-0.05, 0) is 12.5 Å². The molecule has 0 radical (unpaired) electrons. The van der Waals surface area contributed by atoms with E-state index in [1.165, 1.54) is 5.56 Å². The van der Waals surface area contributed by atoms with Crippen LogP contribution < -0.4 is 0 Å². The van der Waals surface area contributed by atoms with Crippen LogP contribution in [0.25, 0.3) is 6.08 Å². The summed E-state index contributed by atoms with van der Waals surface area (Å²) in [5.41, 5.74) is 1.18. The molecule has 0 N–H and O–H groups in total. The molecular formula is C15H14. The first-order valence-electron chi connectivity index (χ1n) is 4.96. The Morgan fingerprint density at radius 1 is 1.33 bits per heavy atom. The van der Waals surface area contributed by atoms with Crippen molar-refractivity contribution in [1.82, 2.24) is 0 Å². The molecule has 0 aromatic heterocycles. The summed E-state index contributed by atoms with van der Waals surface area (Å²) in [4.78, 5) is 0. The molecule has 0 heteroatoms. The highest BCUT2D eigenvalue weighted by atomic mass is 14.0. The predicted molar refractivity (Wildman–Crippen MR) is 65.9 cm³/mol. The van der Waals surface area contributed by atoms with E-state index in [0.717, 1.165) is 0 Å². The van der Waals surface area contributed by atoms with E-state index in [4.69, 9.17) is 6.42 Å². The Hall–Kier alpha value is -1.92. The van der Waals surface area contributed by atoms with E-state index in [0.29, 0.717) is 6.42 Å². The van der Waals surface area contributed by atoms with Gasteiger partial charge in [0.15, 0.2) is 0 Å². The summed E-state index contributed by atoms with van der Waals surface area (Å²) in [5, 5.41) is 0. The lowest BCUT2D eigenvalue weighted by Crippen LogP contribution is -1.89. The lowest BCUT2D eigenvalue weighted by molar-refractivity contribution is 0.889. The second kappa shape index (κ2) is 6.52. The molecule has 0 aliphatic rings. The van der Waals surface area contributed by atoms with Crippen molar-refractivity contribution in [2.45, 2.75) is 13.3 Å². The van der Waals surface area contributed by atoms with Gasteiger partial charge in [-0.2, -0.15) is 0 Å². The second-order valence-electron chi connectivity index (χ2n) is 3.18. The van der Waals surface area contributed by atoms with E-state index in [-0.39, 0.29) is 5.92 Å². The number of hydrogen-bond donors (Lipinski definition) is 0. The van der Waals surface area contributed by atoms with Crippen molar-refractivity contribution in [2.75, 3.05) is 0 Å². The standard InChI is InChI=1S/C15H14/c1-3-8-14(9-4-2)12-13-15-10-6-5-7-11-15/h1,5-7,10-14H,8H2,2H3. The van der Waals surface area contributed by atoms with Crippen LogP contribution in [0.4, 0.5) is 0 Å². The first-order chi connectivity index (χ1) is 7.36. The maximum atomic E-state index is 5.28. The van der Waals surface area contributed by atoms with E-state index >= 15 is 0 Å². The van der Waals surface area contributed by atoms with Gasteiger partial charge in [0.1, 0.15) is 0 Å². The smallest absolute Gasteiger partial charge is 0.0495 e. The third kappa shape index (κ3) is 4.21. The van der Waals surface area contributed by atoms with Crippen molar-refractivity contribution in [3.05, 3.63) is 42.0 Å². The summed E-state index contributed by atoms with van der Waals surface area (Å²) in [6, 6.07) is 10.1. The topological polar surface area (TPSA) is 0 Å². The zero-order valence-electron chi connectivity index (χ0n) is 8.90.